The van der Waals surface area contributed by atoms with E-state index in [1.807, 2.05) is 36.4 Å². The summed E-state index contributed by atoms with van der Waals surface area (Å²) in [6, 6.07) is 24.0. The average Bonchev–Trinajstić information content (AvgIpc) is 3.23. The Morgan fingerprint density at radius 1 is 1.00 bits per heavy atom. The van der Waals surface area contributed by atoms with Crippen LogP contribution in [0.2, 0.25) is 0 Å². The van der Waals surface area contributed by atoms with Gasteiger partial charge in [-0.15, -0.1) is 0 Å². The van der Waals surface area contributed by atoms with Crippen molar-refractivity contribution >= 4 is 12.1 Å². The van der Waals surface area contributed by atoms with Crippen LogP contribution in [0.3, 0.4) is 0 Å². The number of hydrazone groups is 1. The molecular weight excluding hydrogens is 312 g/mol. The van der Waals surface area contributed by atoms with E-state index in [1.165, 1.54) is 6.21 Å². The highest BCUT2D eigenvalue weighted by atomic mass is 16.3. The van der Waals surface area contributed by atoms with Gasteiger partial charge < -0.3 is 4.42 Å². The van der Waals surface area contributed by atoms with Gasteiger partial charge in [0.15, 0.2) is 0 Å². The summed E-state index contributed by atoms with van der Waals surface area (Å²) in [4.78, 5) is 12.6. The number of nitrogens with zero attached hydrogens (tertiary/aromatic N) is 1. The van der Waals surface area contributed by atoms with Gasteiger partial charge in [0.2, 0.25) is 5.91 Å². The van der Waals surface area contributed by atoms with Gasteiger partial charge >= 0.3 is 0 Å². The zero-order valence-corrected chi connectivity index (χ0v) is 13.6. The van der Waals surface area contributed by atoms with Crippen molar-refractivity contribution in [1.82, 2.24) is 5.43 Å². The van der Waals surface area contributed by atoms with Crippen molar-refractivity contribution in [3.05, 3.63) is 95.9 Å². The van der Waals surface area contributed by atoms with Crippen molar-refractivity contribution in [3.8, 4) is 0 Å². The summed E-state index contributed by atoms with van der Waals surface area (Å²) < 4.78 is 5.17. The van der Waals surface area contributed by atoms with E-state index in [0.29, 0.717) is 5.76 Å². The molecule has 3 aromatic rings. The van der Waals surface area contributed by atoms with Crippen LogP contribution in [-0.4, -0.2) is 12.1 Å². The van der Waals surface area contributed by atoms with Crippen LogP contribution in [-0.2, 0) is 10.2 Å². The van der Waals surface area contributed by atoms with E-state index in [0.717, 1.165) is 17.5 Å². The zero-order chi connectivity index (χ0) is 17.1. The molecule has 124 valence electrons. The monoisotopic (exact) mass is 330 g/mol. The van der Waals surface area contributed by atoms with Gasteiger partial charge in [0.25, 0.3) is 0 Å². The third-order valence-electron chi connectivity index (χ3n) is 4.76. The summed E-state index contributed by atoms with van der Waals surface area (Å²) >= 11 is 0. The lowest BCUT2D eigenvalue weighted by molar-refractivity contribution is -0.122. The second kappa shape index (κ2) is 6.40. The number of furan rings is 1. The molecule has 4 nitrogen and oxygen atoms in total. The van der Waals surface area contributed by atoms with Crippen molar-refractivity contribution in [2.24, 2.45) is 11.0 Å². The van der Waals surface area contributed by atoms with Crippen LogP contribution in [0.15, 0.2) is 88.6 Å². The summed E-state index contributed by atoms with van der Waals surface area (Å²) in [5, 5.41) is 4.01. The number of carbonyl (C=O) groups excluding carboxylic acids is 1. The number of hydrogen-bond acceptors (Lipinski definition) is 3. The fourth-order valence-electron chi connectivity index (χ4n) is 3.46. The van der Waals surface area contributed by atoms with Crippen molar-refractivity contribution < 1.29 is 9.21 Å². The smallest absolute Gasteiger partial charge is 0.244 e. The Kier molecular flexibility index (Phi) is 3.94. The normalized spacial score (nSPS) is 18.2. The van der Waals surface area contributed by atoms with Gasteiger partial charge in [0.1, 0.15) is 5.76 Å². The molecule has 1 heterocycles. The minimum absolute atomic E-state index is 0.0736. The highest BCUT2D eigenvalue weighted by Crippen LogP contribution is 2.58. The fraction of sp³-hybridized carbons (Fsp3) is 0.143. The number of carbonyl (C=O) groups is 1. The van der Waals surface area contributed by atoms with Gasteiger partial charge in [-0.05, 0) is 29.7 Å². The lowest BCUT2D eigenvalue weighted by Gasteiger charge is -2.18. The molecule has 0 aliphatic heterocycles. The first-order valence-corrected chi connectivity index (χ1v) is 8.28. The molecule has 0 saturated heterocycles. The van der Waals surface area contributed by atoms with Crippen molar-refractivity contribution in [3.63, 3.8) is 0 Å². The minimum Gasteiger partial charge on any atom is -0.463 e. The van der Waals surface area contributed by atoms with Gasteiger partial charge in [-0.25, -0.2) is 5.43 Å². The van der Waals surface area contributed by atoms with Gasteiger partial charge in [0.05, 0.1) is 18.4 Å². The Bertz CT molecular complexity index is 831. The first-order valence-electron chi connectivity index (χ1n) is 8.28. The standard InChI is InChI=1S/C21H18N2O2/c24-20(23-22-15-18-12-7-13-25-18)19-14-21(19,16-8-3-1-4-9-16)17-10-5-2-6-11-17/h1-13,15,19H,14H2,(H,23,24). The highest BCUT2D eigenvalue weighted by molar-refractivity contribution is 5.87. The summed E-state index contributed by atoms with van der Waals surface area (Å²) in [6.07, 6.45) is 3.86. The van der Waals surface area contributed by atoms with Gasteiger partial charge in [-0.2, -0.15) is 5.10 Å². The molecule has 1 atom stereocenters. The Hall–Kier alpha value is -3.14. The quantitative estimate of drug-likeness (QED) is 0.572. The zero-order valence-electron chi connectivity index (χ0n) is 13.6. The molecule has 1 aromatic heterocycles. The van der Waals surface area contributed by atoms with Crippen LogP contribution in [0, 0.1) is 5.92 Å². The van der Waals surface area contributed by atoms with Gasteiger partial charge in [0, 0.05) is 5.41 Å². The molecule has 1 aliphatic carbocycles. The second-order valence-corrected chi connectivity index (χ2v) is 6.21. The molecule has 0 bridgehead atoms. The van der Waals surface area contributed by atoms with Gasteiger partial charge in [-0.3, -0.25) is 4.79 Å². The second-order valence-electron chi connectivity index (χ2n) is 6.21. The topological polar surface area (TPSA) is 54.6 Å². The summed E-state index contributed by atoms with van der Waals surface area (Å²) in [6.45, 7) is 0. The molecule has 0 radical (unpaired) electrons. The fourth-order valence-corrected chi connectivity index (χ4v) is 3.46. The Morgan fingerprint density at radius 3 is 2.20 bits per heavy atom. The molecule has 0 spiro atoms. The maximum absolute atomic E-state index is 12.6. The Labute approximate surface area is 146 Å². The van der Waals surface area contributed by atoms with Crippen LogP contribution in [0.25, 0.3) is 0 Å². The van der Waals surface area contributed by atoms with Crippen LogP contribution in [0.1, 0.15) is 23.3 Å². The lowest BCUT2D eigenvalue weighted by Crippen LogP contribution is -2.25. The van der Waals surface area contributed by atoms with E-state index in [1.54, 1.807) is 18.4 Å². The molecule has 1 aliphatic rings. The highest BCUT2D eigenvalue weighted by Gasteiger charge is 2.60. The lowest BCUT2D eigenvalue weighted by atomic mass is 9.85. The minimum atomic E-state index is -0.271. The molecule has 1 N–H and O–H groups in total. The molecule has 2 aromatic carbocycles. The average molecular weight is 330 g/mol. The third-order valence-corrected chi connectivity index (χ3v) is 4.76. The predicted molar refractivity (Wildman–Crippen MR) is 96.2 cm³/mol. The van der Waals surface area contributed by atoms with E-state index >= 15 is 0 Å². The molecule has 1 fully saturated rings. The van der Waals surface area contributed by atoms with Crippen molar-refractivity contribution in [2.75, 3.05) is 0 Å². The molecule has 1 saturated carbocycles. The van der Waals surface area contributed by atoms with Crippen LogP contribution in [0.5, 0.6) is 0 Å². The largest absolute Gasteiger partial charge is 0.463 e. The Morgan fingerprint density at radius 2 is 1.64 bits per heavy atom. The van der Waals surface area contributed by atoms with E-state index < -0.39 is 0 Å². The van der Waals surface area contributed by atoms with E-state index in [-0.39, 0.29) is 17.2 Å². The number of rotatable bonds is 5. The number of amides is 1. The van der Waals surface area contributed by atoms with Crippen LogP contribution in [0.4, 0.5) is 0 Å². The SMILES string of the molecule is O=C(NN=Cc1ccco1)C1CC1(c1ccccc1)c1ccccc1. The molecule has 1 amide bonds. The summed E-state index contributed by atoms with van der Waals surface area (Å²) in [5.74, 6) is 0.398. The molecule has 25 heavy (non-hydrogen) atoms. The van der Waals surface area contributed by atoms with Crippen LogP contribution >= 0.6 is 0 Å². The summed E-state index contributed by atoms with van der Waals surface area (Å²) in [7, 11) is 0. The first kappa shape index (κ1) is 15.4. The molecule has 4 heteroatoms. The predicted octanol–water partition coefficient (Wildman–Crippen LogP) is 3.74. The Balaban J connectivity index is 1.57. The maximum atomic E-state index is 12.6. The van der Waals surface area contributed by atoms with Crippen LogP contribution < -0.4 is 5.43 Å². The van der Waals surface area contributed by atoms with Crippen molar-refractivity contribution in [1.29, 1.82) is 0 Å². The first-order chi connectivity index (χ1) is 12.3. The van der Waals surface area contributed by atoms with E-state index in [9.17, 15) is 4.79 Å². The molecule has 1 unspecified atom stereocenters. The number of nitrogens with one attached hydrogen (secondary N) is 1. The number of hydrogen-bond donors (Lipinski definition) is 1. The van der Waals surface area contributed by atoms with Gasteiger partial charge in [-0.1, -0.05) is 60.7 Å². The van der Waals surface area contributed by atoms with E-state index in [4.69, 9.17) is 4.42 Å². The van der Waals surface area contributed by atoms with Crippen molar-refractivity contribution in [2.45, 2.75) is 11.8 Å². The maximum Gasteiger partial charge on any atom is 0.244 e. The summed E-state index contributed by atoms with van der Waals surface area (Å²) in [5.41, 5.74) is 4.70. The molecular formula is C21H18N2O2. The molecule has 4 rings (SSSR count). The third kappa shape index (κ3) is 2.87. The number of benzene rings is 2. The van der Waals surface area contributed by atoms with E-state index in [2.05, 4.69) is 34.8 Å².